The highest BCUT2D eigenvalue weighted by molar-refractivity contribution is 6.01. The highest BCUT2D eigenvalue weighted by Gasteiger charge is 2.16. The van der Waals surface area contributed by atoms with Gasteiger partial charge in [0.2, 0.25) is 5.91 Å². The van der Waals surface area contributed by atoms with Crippen LogP contribution in [-0.2, 0) is 19.1 Å². The minimum absolute atomic E-state index is 0.106. The van der Waals surface area contributed by atoms with Gasteiger partial charge >= 0.3 is 11.6 Å². The van der Waals surface area contributed by atoms with Crippen LogP contribution >= 0.6 is 0 Å². The molecule has 2 N–H and O–H groups in total. The number of fused-ring (bicyclic) bond motifs is 1. The SMILES string of the molecule is CCOC(=O)C(/C=C/c1ccc(NC(=O)CNC(=O)c2cc3ccc(N(CC)CC)cc3oc2=O)cc1)=C/C=O. The monoisotopic (exact) mass is 545 g/mol. The number of amides is 2. The van der Waals surface area contributed by atoms with Crippen LogP contribution in [0.2, 0.25) is 0 Å². The van der Waals surface area contributed by atoms with E-state index in [0.29, 0.717) is 28.5 Å². The van der Waals surface area contributed by atoms with Gasteiger partial charge in [-0.2, -0.15) is 0 Å². The number of carbonyl (C=O) groups is 4. The summed E-state index contributed by atoms with van der Waals surface area (Å²) >= 11 is 0. The lowest BCUT2D eigenvalue weighted by Crippen LogP contribution is -2.35. The van der Waals surface area contributed by atoms with Gasteiger partial charge in [-0.25, -0.2) is 9.59 Å². The summed E-state index contributed by atoms with van der Waals surface area (Å²) in [6.07, 6.45) is 4.70. The van der Waals surface area contributed by atoms with Crippen molar-refractivity contribution in [3.63, 3.8) is 0 Å². The topological polar surface area (TPSA) is 135 Å². The molecule has 1 heterocycles. The Bertz CT molecular complexity index is 1500. The van der Waals surface area contributed by atoms with E-state index in [0.717, 1.165) is 24.9 Å². The minimum Gasteiger partial charge on any atom is -0.462 e. The molecule has 0 saturated heterocycles. The Hall–Kier alpha value is -4.99. The van der Waals surface area contributed by atoms with Crippen LogP contribution in [0.4, 0.5) is 11.4 Å². The van der Waals surface area contributed by atoms with E-state index in [1.807, 2.05) is 19.9 Å². The zero-order valence-electron chi connectivity index (χ0n) is 22.6. The van der Waals surface area contributed by atoms with Gasteiger partial charge in [0, 0.05) is 35.9 Å². The molecule has 0 bridgehead atoms. The number of hydrogen-bond donors (Lipinski definition) is 2. The van der Waals surface area contributed by atoms with Gasteiger partial charge in [0.25, 0.3) is 5.91 Å². The predicted molar refractivity (Wildman–Crippen MR) is 153 cm³/mol. The number of hydrogen-bond acceptors (Lipinski definition) is 8. The summed E-state index contributed by atoms with van der Waals surface area (Å²) in [6, 6.07) is 13.6. The molecule has 10 nitrogen and oxygen atoms in total. The van der Waals surface area contributed by atoms with Crippen molar-refractivity contribution in [2.45, 2.75) is 20.8 Å². The third kappa shape index (κ3) is 7.76. The lowest BCUT2D eigenvalue weighted by molar-refractivity contribution is -0.138. The second-order valence-corrected chi connectivity index (χ2v) is 8.51. The fraction of sp³-hybridized carbons (Fsp3) is 0.233. The maximum Gasteiger partial charge on any atom is 0.349 e. The average molecular weight is 546 g/mol. The number of rotatable bonds is 12. The predicted octanol–water partition coefficient (Wildman–Crippen LogP) is 3.71. The number of anilines is 2. The Morgan fingerprint density at radius 2 is 1.73 bits per heavy atom. The smallest absolute Gasteiger partial charge is 0.349 e. The number of benzene rings is 2. The van der Waals surface area contributed by atoms with Crippen LogP contribution in [0.3, 0.4) is 0 Å². The van der Waals surface area contributed by atoms with Crippen LogP contribution in [0.1, 0.15) is 36.7 Å². The summed E-state index contributed by atoms with van der Waals surface area (Å²) in [7, 11) is 0. The summed E-state index contributed by atoms with van der Waals surface area (Å²) in [5.41, 5.74) is 1.58. The van der Waals surface area contributed by atoms with Crippen LogP contribution in [-0.4, -0.2) is 50.3 Å². The third-order valence-corrected chi connectivity index (χ3v) is 5.91. The summed E-state index contributed by atoms with van der Waals surface area (Å²) in [5, 5.41) is 5.69. The molecule has 0 aliphatic heterocycles. The van der Waals surface area contributed by atoms with Crippen molar-refractivity contribution in [3.05, 3.63) is 87.8 Å². The molecule has 0 spiro atoms. The number of nitrogens with zero attached hydrogens (tertiary/aromatic N) is 1. The van der Waals surface area contributed by atoms with E-state index >= 15 is 0 Å². The Labute approximate surface area is 231 Å². The van der Waals surface area contributed by atoms with Gasteiger partial charge in [0.05, 0.1) is 18.7 Å². The van der Waals surface area contributed by atoms with Crippen LogP contribution < -0.4 is 21.2 Å². The maximum absolute atomic E-state index is 12.6. The molecule has 0 aliphatic carbocycles. The van der Waals surface area contributed by atoms with E-state index in [9.17, 15) is 24.0 Å². The van der Waals surface area contributed by atoms with Gasteiger partial charge in [-0.15, -0.1) is 0 Å². The molecule has 3 rings (SSSR count). The van der Waals surface area contributed by atoms with Crippen molar-refractivity contribution in [3.8, 4) is 0 Å². The van der Waals surface area contributed by atoms with Crippen LogP contribution in [0.15, 0.2) is 75.5 Å². The second kappa shape index (κ2) is 14.2. The minimum atomic E-state index is -0.792. The molecule has 0 fully saturated rings. The van der Waals surface area contributed by atoms with Crippen molar-refractivity contribution < 1.29 is 28.3 Å². The van der Waals surface area contributed by atoms with Gasteiger partial charge < -0.3 is 24.7 Å². The molecule has 0 atom stereocenters. The zero-order chi connectivity index (χ0) is 29.1. The van der Waals surface area contributed by atoms with E-state index in [4.69, 9.17) is 9.15 Å². The van der Waals surface area contributed by atoms with Crippen LogP contribution in [0, 0.1) is 0 Å². The molecule has 1 aromatic heterocycles. The van der Waals surface area contributed by atoms with Gasteiger partial charge in [-0.3, -0.25) is 14.4 Å². The molecular weight excluding hydrogens is 514 g/mol. The molecular formula is C30H31N3O7. The number of ether oxygens (including phenoxy) is 1. The van der Waals surface area contributed by atoms with Gasteiger partial charge in [0.1, 0.15) is 17.4 Å². The van der Waals surface area contributed by atoms with Crippen molar-refractivity contribution in [2.24, 2.45) is 0 Å². The lowest BCUT2D eigenvalue weighted by atomic mass is 10.1. The Morgan fingerprint density at radius 1 is 1.00 bits per heavy atom. The van der Waals surface area contributed by atoms with E-state index in [2.05, 4.69) is 15.5 Å². The van der Waals surface area contributed by atoms with E-state index in [-0.39, 0.29) is 24.3 Å². The van der Waals surface area contributed by atoms with Crippen molar-refractivity contribution in [2.75, 3.05) is 36.5 Å². The van der Waals surface area contributed by atoms with Crippen molar-refractivity contribution >= 4 is 52.5 Å². The van der Waals surface area contributed by atoms with Crippen LogP contribution in [0.5, 0.6) is 0 Å². The first-order valence-corrected chi connectivity index (χ1v) is 12.8. The highest BCUT2D eigenvalue weighted by atomic mass is 16.5. The van der Waals surface area contributed by atoms with Crippen molar-refractivity contribution in [1.29, 1.82) is 0 Å². The van der Waals surface area contributed by atoms with Crippen LogP contribution in [0.25, 0.3) is 17.0 Å². The Balaban J connectivity index is 1.60. The molecule has 0 aliphatic rings. The Kier molecular flexibility index (Phi) is 10.5. The van der Waals surface area contributed by atoms with Crippen molar-refractivity contribution in [1.82, 2.24) is 5.32 Å². The summed E-state index contributed by atoms with van der Waals surface area (Å²) in [4.78, 5) is 62.2. The first-order chi connectivity index (χ1) is 19.3. The van der Waals surface area contributed by atoms with E-state index in [1.165, 1.54) is 12.1 Å². The van der Waals surface area contributed by atoms with Gasteiger partial charge in [-0.05, 0) is 68.8 Å². The lowest BCUT2D eigenvalue weighted by Gasteiger charge is -2.21. The van der Waals surface area contributed by atoms with Gasteiger partial charge in [-0.1, -0.05) is 18.2 Å². The molecule has 0 saturated carbocycles. The zero-order valence-corrected chi connectivity index (χ0v) is 22.6. The first kappa shape index (κ1) is 29.6. The number of esters is 1. The Morgan fingerprint density at radius 3 is 2.38 bits per heavy atom. The first-order valence-electron chi connectivity index (χ1n) is 12.8. The molecule has 2 amide bonds. The molecule has 0 radical (unpaired) electrons. The summed E-state index contributed by atoms with van der Waals surface area (Å²) in [6.45, 7) is 7.15. The molecule has 2 aromatic carbocycles. The maximum atomic E-state index is 12.6. The molecule has 208 valence electrons. The molecule has 0 unspecified atom stereocenters. The van der Waals surface area contributed by atoms with E-state index in [1.54, 1.807) is 49.4 Å². The highest BCUT2D eigenvalue weighted by Crippen LogP contribution is 2.22. The molecule has 40 heavy (non-hydrogen) atoms. The van der Waals surface area contributed by atoms with E-state index < -0.39 is 23.4 Å². The number of nitrogens with one attached hydrogen (secondary N) is 2. The third-order valence-electron chi connectivity index (χ3n) is 5.91. The number of allylic oxidation sites excluding steroid dienone is 1. The molecule has 10 heteroatoms. The summed E-state index contributed by atoms with van der Waals surface area (Å²) in [5.74, 6) is -1.83. The fourth-order valence-corrected chi connectivity index (χ4v) is 3.85. The summed E-state index contributed by atoms with van der Waals surface area (Å²) < 4.78 is 10.3. The molecule has 3 aromatic rings. The largest absolute Gasteiger partial charge is 0.462 e. The quantitative estimate of drug-likeness (QED) is 0.116. The second-order valence-electron chi connectivity index (χ2n) is 8.51. The fourth-order valence-electron chi connectivity index (χ4n) is 3.85. The standard InChI is InChI=1S/C30H31N3O7/c1-4-33(5-2)24-14-11-22-17-25(30(38)40-26(22)18-24)28(36)31-19-27(35)32-23-12-8-20(9-13-23)7-10-21(15-16-34)29(37)39-6-3/h7-18H,4-6,19H2,1-3H3,(H,31,36)(H,32,35)/b10-7+,21-15+. The number of carbonyl (C=O) groups excluding carboxylic acids is 4. The normalized spacial score (nSPS) is 11.3. The average Bonchev–Trinajstić information content (AvgIpc) is 2.95. The van der Waals surface area contributed by atoms with Gasteiger partial charge in [0.15, 0.2) is 0 Å². The number of aldehydes is 1.